The molecule has 13 heavy (non-hydrogen) atoms. The smallest absolute Gasteiger partial charge is 0.169 e. The van der Waals surface area contributed by atoms with Crippen LogP contribution in [0.5, 0.6) is 0 Å². The normalized spacial score (nSPS) is 18.5. The van der Waals surface area contributed by atoms with E-state index in [-0.39, 0.29) is 5.54 Å². The number of nitrogens with zero attached hydrogens (tertiary/aromatic N) is 1. The molecule has 0 aromatic rings. The van der Waals surface area contributed by atoms with E-state index in [4.69, 9.17) is 12.2 Å². The molecule has 4 heteroatoms. The molecule has 0 aromatic heterocycles. The van der Waals surface area contributed by atoms with E-state index in [9.17, 15) is 0 Å². The summed E-state index contributed by atoms with van der Waals surface area (Å²) in [5.74, 6) is 0. The van der Waals surface area contributed by atoms with Crippen LogP contribution < -0.4 is 10.6 Å². The Morgan fingerprint density at radius 1 is 1.31 bits per heavy atom. The van der Waals surface area contributed by atoms with Gasteiger partial charge in [0.2, 0.25) is 0 Å². The fourth-order valence-corrected chi connectivity index (χ4v) is 1.76. The maximum Gasteiger partial charge on any atom is 0.169 e. The van der Waals surface area contributed by atoms with Crippen molar-refractivity contribution in [2.45, 2.75) is 26.3 Å². The van der Waals surface area contributed by atoms with E-state index in [0.717, 1.165) is 31.3 Å². The molecule has 0 saturated carbocycles. The van der Waals surface area contributed by atoms with Gasteiger partial charge in [0.1, 0.15) is 0 Å². The predicted octanol–water partition coefficient (Wildman–Crippen LogP) is 0.565. The summed E-state index contributed by atoms with van der Waals surface area (Å²) in [4.78, 5) is 2.22. The van der Waals surface area contributed by atoms with Gasteiger partial charge in [-0.15, -0.1) is 0 Å². The van der Waals surface area contributed by atoms with Gasteiger partial charge >= 0.3 is 0 Å². The summed E-state index contributed by atoms with van der Waals surface area (Å²) in [6, 6.07) is 0. The second-order valence-electron chi connectivity index (χ2n) is 4.42. The first-order valence-corrected chi connectivity index (χ1v) is 5.18. The second kappa shape index (κ2) is 4.24. The fraction of sp³-hybridized carbons (Fsp3) is 0.889. The molecule has 0 aromatic carbocycles. The van der Waals surface area contributed by atoms with Crippen LogP contribution in [0.4, 0.5) is 0 Å². The molecule has 0 aliphatic carbocycles. The molecule has 76 valence electrons. The van der Waals surface area contributed by atoms with Crippen LogP contribution in [0, 0.1) is 0 Å². The second-order valence-corrected chi connectivity index (χ2v) is 4.80. The van der Waals surface area contributed by atoms with E-state index in [1.54, 1.807) is 0 Å². The quantitative estimate of drug-likeness (QED) is 0.560. The molecule has 0 bridgehead atoms. The molecule has 0 spiro atoms. The molecular formula is C9H19N3S. The molecule has 1 saturated heterocycles. The first-order chi connectivity index (χ1) is 5.99. The van der Waals surface area contributed by atoms with Gasteiger partial charge in [-0.05, 0) is 33.0 Å². The standard InChI is InChI=1S/C9H19N3S/c1-9(2,3)11-8(13)12-6-4-10-5-7-12/h10H,4-7H2,1-3H3,(H,11,13). The minimum absolute atomic E-state index is 0.0714. The number of rotatable bonds is 0. The molecule has 1 heterocycles. The number of hydrogen-bond acceptors (Lipinski definition) is 2. The summed E-state index contributed by atoms with van der Waals surface area (Å²) in [5.41, 5.74) is 0.0714. The van der Waals surface area contributed by atoms with Crippen LogP contribution in [0.15, 0.2) is 0 Å². The van der Waals surface area contributed by atoms with Crippen molar-refractivity contribution in [1.82, 2.24) is 15.5 Å². The summed E-state index contributed by atoms with van der Waals surface area (Å²) in [6.45, 7) is 10.5. The molecule has 1 fully saturated rings. The maximum absolute atomic E-state index is 5.31. The SMILES string of the molecule is CC(C)(C)NC(=S)N1CCNCC1. The van der Waals surface area contributed by atoms with Crippen molar-refractivity contribution in [2.75, 3.05) is 26.2 Å². The van der Waals surface area contributed by atoms with Gasteiger partial charge < -0.3 is 15.5 Å². The maximum atomic E-state index is 5.31. The zero-order valence-corrected chi connectivity index (χ0v) is 9.50. The van der Waals surface area contributed by atoms with Gasteiger partial charge in [0.15, 0.2) is 5.11 Å². The summed E-state index contributed by atoms with van der Waals surface area (Å²) < 4.78 is 0. The fourth-order valence-electron chi connectivity index (χ4n) is 1.27. The van der Waals surface area contributed by atoms with E-state index in [0.29, 0.717) is 0 Å². The highest BCUT2D eigenvalue weighted by Crippen LogP contribution is 2.02. The monoisotopic (exact) mass is 201 g/mol. The molecule has 1 aliphatic rings. The largest absolute Gasteiger partial charge is 0.358 e. The van der Waals surface area contributed by atoms with E-state index in [1.807, 2.05) is 0 Å². The highest BCUT2D eigenvalue weighted by atomic mass is 32.1. The van der Waals surface area contributed by atoms with Crippen LogP contribution in [0.3, 0.4) is 0 Å². The van der Waals surface area contributed by atoms with Gasteiger partial charge in [-0.2, -0.15) is 0 Å². The summed E-state index contributed by atoms with van der Waals surface area (Å²) in [7, 11) is 0. The molecule has 0 radical (unpaired) electrons. The summed E-state index contributed by atoms with van der Waals surface area (Å²) in [5, 5.41) is 7.51. The van der Waals surface area contributed by atoms with Crippen molar-refractivity contribution >= 4 is 17.3 Å². The van der Waals surface area contributed by atoms with Gasteiger partial charge in [0, 0.05) is 31.7 Å². The zero-order chi connectivity index (χ0) is 9.90. The molecule has 2 N–H and O–H groups in total. The van der Waals surface area contributed by atoms with Crippen LogP contribution in [0.2, 0.25) is 0 Å². The van der Waals surface area contributed by atoms with Crippen LogP contribution in [-0.2, 0) is 0 Å². The van der Waals surface area contributed by atoms with Crippen LogP contribution in [-0.4, -0.2) is 41.7 Å². The third-order valence-electron chi connectivity index (χ3n) is 1.89. The molecule has 0 unspecified atom stereocenters. The third-order valence-corrected chi connectivity index (χ3v) is 2.25. The van der Waals surface area contributed by atoms with Crippen molar-refractivity contribution in [3.05, 3.63) is 0 Å². The number of piperazine rings is 1. The van der Waals surface area contributed by atoms with Crippen molar-refractivity contribution < 1.29 is 0 Å². The number of thiocarbonyl (C=S) groups is 1. The molecule has 3 nitrogen and oxygen atoms in total. The first-order valence-electron chi connectivity index (χ1n) is 4.77. The first kappa shape index (κ1) is 10.7. The Labute approximate surface area is 85.9 Å². The highest BCUT2D eigenvalue weighted by Gasteiger charge is 2.17. The van der Waals surface area contributed by atoms with Crippen LogP contribution in [0.1, 0.15) is 20.8 Å². The van der Waals surface area contributed by atoms with E-state index < -0.39 is 0 Å². The van der Waals surface area contributed by atoms with Gasteiger partial charge in [-0.3, -0.25) is 0 Å². The molecule has 1 aliphatic heterocycles. The number of nitrogens with one attached hydrogen (secondary N) is 2. The highest BCUT2D eigenvalue weighted by molar-refractivity contribution is 7.80. The zero-order valence-electron chi connectivity index (χ0n) is 8.68. The molecule has 1 rings (SSSR count). The van der Waals surface area contributed by atoms with Crippen LogP contribution >= 0.6 is 12.2 Å². The lowest BCUT2D eigenvalue weighted by Gasteiger charge is -2.33. The van der Waals surface area contributed by atoms with E-state index in [1.165, 1.54) is 0 Å². The van der Waals surface area contributed by atoms with Crippen molar-refractivity contribution in [2.24, 2.45) is 0 Å². The van der Waals surface area contributed by atoms with E-state index >= 15 is 0 Å². The van der Waals surface area contributed by atoms with Gasteiger partial charge in [0.25, 0.3) is 0 Å². The van der Waals surface area contributed by atoms with Crippen molar-refractivity contribution in [3.8, 4) is 0 Å². The molecular weight excluding hydrogens is 182 g/mol. The Morgan fingerprint density at radius 3 is 2.31 bits per heavy atom. The average Bonchev–Trinajstić information content (AvgIpc) is 2.03. The lowest BCUT2D eigenvalue weighted by Crippen LogP contribution is -2.54. The molecule has 0 atom stereocenters. The lowest BCUT2D eigenvalue weighted by molar-refractivity contribution is 0.340. The average molecular weight is 201 g/mol. The van der Waals surface area contributed by atoms with Gasteiger partial charge in [-0.25, -0.2) is 0 Å². The Bertz CT molecular complexity index is 180. The lowest BCUT2D eigenvalue weighted by atomic mass is 10.1. The topological polar surface area (TPSA) is 27.3 Å². The van der Waals surface area contributed by atoms with Crippen molar-refractivity contribution in [1.29, 1.82) is 0 Å². The Balaban J connectivity index is 2.38. The summed E-state index contributed by atoms with van der Waals surface area (Å²) >= 11 is 5.31. The third kappa shape index (κ3) is 3.91. The van der Waals surface area contributed by atoms with Gasteiger partial charge in [-0.1, -0.05) is 0 Å². The Hall–Kier alpha value is -0.350. The Morgan fingerprint density at radius 2 is 1.85 bits per heavy atom. The van der Waals surface area contributed by atoms with Crippen LogP contribution in [0.25, 0.3) is 0 Å². The summed E-state index contributed by atoms with van der Waals surface area (Å²) in [6.07, 6.45) is 0. The van der Waals surface area contributed by atoms with E-state index in [2.05, 4.69) is 36.3 Å². The van der Waals surface area contributed by atoms with Crippen molar-refractivity contribution in [3.63, 3.8) is 0 Å². The Kier molecular flexibility index (Phi) is 3.50. The predicted molar refractivity (Wildman–Crippen MR) is 59.9 cm³/mol. The minimum atomic E-state index is 0.0714. The molecule has 0 amide bonds. The number of hydrogen-bond donors (Lipinski definition) is 2. The van der Waals surface area contributed by atoms with Gasteiger partial charge in [0.05, 0.1) is 0 Å². The minimum Gasteiger partial charge on any atom is -0.358 e.